The maximum atomic E-state index is 6.29. The first-order valence-corrected chi connectivity index (χ1v) is 13.7. The maximum Gasteiger partial charge on any atom is 0.142 e. The Morgan fingerprint density at radius 2 is 1.95 bits per heavy atom. The number of fused-ring (bicyclic) bond motifs is 6. The van der Waals surface area contributed by atoms with Crippen LogP contribution >= 0.6 is 0 Å². The maximum absolute atomic E-state index is 6.29. The van der Waals surface area contributed by atoms with Crippen molar-refractivity contribution >= 4 is 17.5 Å². The number of hydrogen-bond donors (Lipinski definition) is 2. The van der Waals surface area contributed by atoms with Crippen LogP contribution in [0.25, 0.3) is 11.6 Å². The van der Waals surface area contributed by atoms with Gasteiger partial charge in [0.25, 0.3) is 0 Å². The zero-order valence-electron chi connectivity index (χ0n) is 24.3. The van der Waals surface area contributed by atoms with E-state index in [-0.39, 0.29) is 6.61 Å². The first kappa shape index (κ1) is 28.7. The molecule has 2 aromatic rings. The van der Waals surface area contributed by atoms with Gasteiger partial charge in [0.2, 0.25) is 0 Å². The Morgan fingerprint density at radius 3 is 2.67 bits per heavy atom. The topological polar surface area (TPSA) is 89.9 Å². The quantitative estimate of drug-likeness (QED) is 0.464. The van der Waals surface area contributed by atoms with E-state index in [9.17, 15) is 0 Å². The fraction of sp³-hybridized carbons (Fsp3) is 0.344. The fourth-order valence-electron chi connectivity index (χ4n) is 4.55. The lowest BCUT2D eigenvalue weighted by Gasteiger charge is -2.19. The molecule has 2 N–H and O–H groups in total. The number of allylic oxidation sites excluding steroid dienone is 3. The molecule has 40 heavy (non-hydrogen) atoms. The molecule has 8 nitrogen and oxygen atoms in total. The molecule has 0 amide bonds. The summed E-state index contributed by atoms with van der Waals surface area (Å²) in [6, 6.07) is 8.32. The summed E-state index contributed by atoms with van der Waals surface area (Å²) in [7, 11) is 1.90. The van der Waals surface area contributed by atoms with E-state index in [1.807, 2.05) is 32.3 Å². The second kappa shape index (κ2) is 13.2. The second-order valence-corrected chi connectivity index (χ2v) is 9.95. The number of aromatic nitrogens is 2. The van der Waals surface area contributed by atoms with Crippen LogP contribution < -0.4 is 15.4 Å². The van der Waals surface area contributed by atoms with Crippen molar-refractivity contribution in [1.82, 2.24) is 20.8 Å². The van der Waals surface area contributed by atoms with Crippen molar-refractivity contribution in [1.29, 1.82) is 0 Å². The van der Waals surface area contributed by atoms with Crippen molar-refractivity contribution in [3.8, 4) is 5.75 Å². The standard InChI is InChI=1S/C32H39N5O3/c1-8-21(5)31(33-7)36-32-30-22(6)40-19-25-16-27(17-35-37-25)39-13-12-38-26(9-2)15-24-14-23(29(30)18-34-32)10-11-28(24)20(3)4/h9-11,14-18,20,33H,2,8,12-13,19H2,1,3-7H3,(H,34,36)/b26-15+,30-22+,31-21+. The van der Waals surface area contributed by atoms with Gasteiger partial charge in [-0.2, -0.15) is 10.2 Å². The van der Waals surface area contributed by atoms with E-state index in [4.69, 9.17) is 19.2 Å². The smallest absolute Gasteiger partial charge is 0.142 e. The predicted molar refractivity (Wildman–Crippen MR) is 160 cm³/mol. The molecule has 210 valence electrons. The number of amidine groups is 1. The van der Waals surface area contributed by atoms with Gasteiger partial charge in [0, 0.05) is 24.9 Å². The van der Waals surface area contributed by atoms with Crippen LogP contribution in [0.15, 0.2) is 82.8 Å². The SMILES string of the molecule is C=C/C1=C\c2cc(ccc2C(C)C)C2=CN=C(N/C(NC)=C(\C)CC)/C2=C(\C)OCc2cc(cnn2)OCCO1. The molecule has 1 aromatic heterocycles. The minimum Gasteiger partial charge on any atom is -0.491 e. The molecule has 2 aliphatic heterocycles. The summed E-state index contributed by atoms with van der Waals surface area (Å²) in [6.45, 7) is 15.5. The minimum absolute atomic E-state index is 0.235. The van der Waals surface area contributed by atoms with Crippen LogP contribution in [-0.4, -0.2) is 36.3 Å². The van der Waals surface area contributed by atoms with Crippen LogP contribution in [0.3, 0.4) is 0 Å². The molecular formula is C32H39N5O3. The second-order valence-electron chi connectivity index (χ2n) is 9.95. The summed E-state index contributed by atoms with van der Waals surface area (Å²) in [5.41, 5.74) is 6.99. The van der Waals surface area contributed by atoms with Gasteiger partial charge in [0.1, 0.15) is 54.4 Å². The lowest BCUT2D eigenvalue weighted by Crippen LogP contribution is -2.31. The van der Waals surface area contributed by atoms with E-state index in [1.165, 1.54) is 11.1 Å². The molecule has 0 unspecified atom stereocenters. The fourth-order valence-corrected chi connectivity index (χ4v) is 4.55. The Bertz CT molecular complexity index is 1420. The average Bonchev–Trinajstić information content (AvgIpc) is 3.39. The molecule has 0 spiro atoms. The van der Waals surface area contributed by atoms with E-state index in [2.05, 4.69) is 73.3 Å². The van der Waals surface area contributed by atoms with Crippen LogP contribution in [0, 0.1) is 0 Å². The van der Waals surface area contributed by atoms with Crippen LogP contribution in [0.1, 0.15) is 69.3 Å². The summed E-state index contributed by atoms with van der Waals surface area (Å²) in [4.78, 5) is 4.80. The first-order valence-electron chi connectivity index (χ1n) is 13.7. The predicted octanol–water partition coefficient (Wildman–Crippen LogP) is 6.23. The number of nitrogens with one attached hydrogen (secondary N) is 2. The van der Waals surface area contributed by atoms with Crippen molar-refractivity contribution in [3.05, 3.63) is 100 Å². The van der Waals surface area contributed by atoms with Crippen molar-refractivity contribution in [2.45, 2.75) is 53.6 Å². The number of nitrogens with zero attached hydrogens (tertiary/aromatic N) is 3. The van der Waals surface area contributed by atoms with Gasteiger partial charge in [-0.1, -0.05) is 39.5 Å². The van der Waals surface area contributed by atoms with E-state index < -0.39 is 0 Å². The summed E-state index contributed by atoms with van der Waals surface area (Å²) in [5.74, 6) is 3.95. The van der Waals surface area contributed by atoms with Gasteiger partial charge >= 0.3 is 0 Å². The molecule has 0 saturated heterocycles. The Balaban J connectivity index is 1.84. The van der Waals surface area contributed by atoms with Gasteiger partial charge in [-0.05, 0) is 66.7 Å². The van der Waals surface area contributed by atoms with Gasteiger partial charge in [0.15, 0.2) is 0 Å². The van der Waals surface area contributed by atoms with Gasteiger partial charge in [0.05, 0.1) is 11.8 Å². The third kappa shape index (κ3) is 6.62. The van der Waals surface area contributed by atoms with Crippen LogP contribution in [0.5, 0.6) is 5.75 Å². The number of ether oxygens (including phenoxy) is 3. The highest BCUT2D eigenvalue weighted by atomic mass is 16.5. The zero-order chi connectivity index (χ0) is 28.6. The molecule has 1 aromatic carbocycles. The van der Waals surface area contributed by atoms with Crippen molar-refractivity contribution in [3.63, 3.8) is 0 Å². The molecular weight excluding hydrogens is 502 g/mol. The molecule has 4 bridgehead atoms. The Kier molecular flexibility index (Phi) is 9.43. The van der Waals surface area contributed by atoms with Crippen LogP contribution in [0.4, 0.5) is 0 Å². The van der Waals surface area contributed by atoms with Gasteiger partial charge in [-0.15, -0.1) is 0 Å². The molecule has 0 atom stereocenters. The van der Waals surface area contributed by atoms with E-state index in [0.29, 0.717) is 42.2 Å². The molecule has 0 radical (unpaired) electrons. The molecule has 4 rings (SSSR count). The number of hydrogen-bond acceptors (Lipinski definition) is 8. The van der Waals surface area contributed by atoms with Crippen LogP contribution in [-0.2, 0) is 16.1 Å². The highest BCUT2D eigenvalue weighted by Gasteiger charge is 2.25. The number of rotatable bonds is 5. The Morgan fingerprint density at radius 1 is 1.15 bits per heavy atom. The van der Waals surface area contributed by atoms with Gasteiger partial charge in [-0.25, -0.2) is 4.99 Å². The molecule has 8 heteroatoms. The highest BCUT2D eigenvalue weighted by Crippen LogP contribution is 2.35. The zero-order valence-corrected chi connectivity index (χ0v) is 24.3. The van der Waals surface area contributed by atoms with E-state index >= 15 is 0 Å². The third-order valence-corrected chi connectivity index (χ3v) is 6.89. The van der Waals surface area contributed by atoms with Crippen LogP contribution in [0.2, 0.25) is 0 Å². The van der Waals surface area contributed by atoms with Gasteiger partial charge in [-0.3, -0.25) is 0 Å². The van der Waals surface area contributed by atoms with Gasteiger partial charge < -0.3 is 24.8 Å². The summed E-state index contributed by atoms with van der Waals surface area (Å²) >= 11 is 0. The molecule has 0 fully saturated rings. The summed E-state index contributed by atoms with van der Waals surface area (Å²) in [5, 5.41) is 15.1. The summed E-state index contributed by atoms with van der Waals surface area (Å²) in [6.07, 6.45) is 8.14. The van der Waals surface area contributed by atoms with Crippen molar-refractivity contribution < 1.29 is 14.2 Å². The number of benzene rings is 1. The lowest BCUT2D eigenvalue weighted by atomic mass is 9.90. The Labute approximate surface area is 237 Å². The minimum atomic E-state index is 0.235. The Hall–Kier alpha value is -4.33. The first-order chi connectivity index (χ1) is 19.3. The largest absolute Gasteiger partial charge is 0.491 e. The van der Waals surface area contributed by atoms with Crippen molar-refractivity contribution in [2.75, 3.05) is 20.3 Å². The normalized spacial score (nSPS) is 19.3. The molecule has 3 heterocycles. The average molecular weight is 542 g/mol. The molecule has 0 aliphatic carbocycles. The lowest BCUT2D eigenvalue weighted by molar-refractivity contribution is 0.164. The molecule has 2 aliphatic rings. The van der Waals surface area contributed by atoms with Crippen molar-refractivity contribution in [2.24, 2.45) is 4.99 Å². The number of aliphatic imine (C=N–C) groups is 1. The highest BCUT2D eigenvalue weighted by molar-refractivity contribution is 6.16. The van der Waals surface area contributed by atoms with E-state index in [0.717, 1.165) is 40.3 Å². The third-order valence-electron chi connectivity index (χ3n) is 6.89. The molecule has 0 saturated carbocycles. The summed E-state index contributed by atoms with van der Waals surface area (Å²) < 4.78 is 18.2. The van der Waals surface area contributed by atoms with E-state index in [1.54, 1.807) is 12.3 Å². The monoisotopic (exact) mass is 541 g/mol.